The lowest BCUT2D eigenvalue weighted by molar-refractivity contribution is -0.137. The third kappa shape index (κ3) is 3.90. The van der Waals surface area contributed by atoms with Crippen LogP contribution in [0.2, 0.25) is 5.02 Å². The first kappa shape index (κ1) is 21.6. The average Bonchev–Trinajstić information content (AvgIpc) is 3.50. The van der Waals surface area contributed by atoms with Crippen LogP contribution < -0.4 is 5.32 Å². The number of aryl methyl sites for hydroxylation is 1. The van der Waals surface area contributed by atoms with E-state index < -0.39 is 11.7 Å². The smallest absolute Gasteiger partial charge is 0.364 e. The van der Waals surface area contributed by atoms with Gasteiger partial charge in [0.05, 0.1) is 34.6 Å². The highest BCUT2D eigenvalue weighted by atomic mass is 35.5. The van der Waals surface area contributed by atoms with E-state index in [-0.39, 0.29) is 34.9 Å². The average molecular weight is 478 g/mol. The van der Waals surface area contributed by atoms with E-state index >= 15 is 0 Å². The number of rotatable bonds is 4. The number of nitrogens with zero attached hydrogens (tertiary/aromatic N) is 6. The summed E-state index contributed by atoms with van der Waals surface area (Å²) in [4.78, 5) is 25.0. The van der Waals surface area contributed by atoms with E-state index in [0.29, 0.717) is 17.8 Å². The van der Waals surface area contributed by atoms with E-state index in [1.54, 1.807) is 12.3 Å². The van der Waals surface area contributed by atoms with Crippen molar-refractivity contribution in [2.24, 2.45) is 0 Å². The van der Waals surface area contributed by atoms with Gasteiger partial charge >= 0.3 is 6.18 Å². The number of anilines is 1. The number of carbonyl (C=O) groups is 1. The molecular formula is C21H19ClF3N7O. The van der Waals surface area contributed by atoms with Crippen molar-refractivity contribution in [3.05, 3.63) is 58.6 Å². The van der Waals surface area contributed by atoms with Crippen molar-refractivity contribution in [2.75, 3.05) is 5.32 Å². The van der Waals surface area contributed by atoms with Crippen LogP contribution in [0, 0.1) is 6.92 Å². The fourth-order valence-corrected chi connectivity index (χ4v) is 4.90. The minimum Gasteiger partial charge on any atom is -0.364 e. The maximum atomic E-state index is 13.6. The Bertz CT molecular complexity index is 1200. The number of hydrogen-bond donors (Lipinski definition) is 1. The highest BCUT2D eigenvalue weighted by Gasteiger charge is 2.49. The summed E-state index contributed by atoms with van der Waals surface area (Å²) in [7, 11) is 0. The topological polar surface area (TPSA) is 88.8 Å². The second-order valence-electron chi connectivity index (χ2n) is 8.25. The van der Waals surface area contributed by atoms with Crippen molar-refractivity contribution in [3.63, 3.8) is 0 Å². The number of nitrogens with one attached hydrogen (secondary N) is 1. The van der Waals surface area contributed by atoms with Crippen molar-refractivity contribution >= 4 is 23.3 Å². The van der Waals surface area contributed by atoms with Crippen molar-refractivity contribution < 1.29 is 18.0 Å². The monoisotopic (exact) mass is 477 g/mol. The number of pyridine rings is 2. The molecule has 2 aliphatic rings. The summed E-state index contributed by atoms with van der Waals surface area (Å²) in [6.07, 6.45) is 3.16. The zero-order valence-corrected chi connectivity index (χ0v) is 18.2. The van der Waals surface area contributed by atoms with Crippen LogP contribution in [-0.4, -0.2) is 53.9 Å². The van der Waals surface area contributed by atoms with Gasteiger partial charge in [0.15, 0.2) is 5.82 Å². The van der Waals surface area contributed by atoms with Gasteiger partial charge in [-0.05, 0) is 43.9 Å². The molecule has 0 spiro atoms. The SMILES string of the molecule is Cc1cnc(-n2nccn2)c(C(=O)N2[C@@H]3CC[C@H]2[C@H](Nc2ncc(C(F)(F)F)cc2Cl)C3)c1. The predicted octanol–water partition coefficient (Wildman–Crippen LogP) is 3.90. The molecule has 2 bridgehead atoms. The van der Waals surface area contributed by atoms with Gasteiger partial charge in [-0.25, -0.2) is 9.97 Å². The van der Waals surface area contributed by atoms with E-state index in [0.717, 1.165) is 30.7 Å². The summed E-state index contributed by atoms with van der Waals surface area (Å²) < 4.78 is 38.7. The van der Waals surface area contributed by atoms with Crippen LogP contribution in [0.25, 0.3) is 5.82 Å². The molecule has 12 heteroatoms. The maximum absolute atomic E-state index is 13.6. The van der Waals surface area contributed by atoms with Crippen molar-refractivity contribution in [3.8, 4) is 5.82 Å². The lowest BCUT2D eigenvalue weighted by Crippen LogP contribution is -2.40. The Hall–Kier alpha value is -3.21. The molecule has 5 heterocycles. The van der Waals surface area contributed by atoms with E-state index in [2.05, 4.69) is 25.5 Å². The van der Waals surface area contributed by atoms with Gasteiger partial charge in [-0.2, -0.15) is 23.4 Å². The normalized spacial score (nSPS) is 22.1. The molecule has 172 valence electrons. The molecule has 1 amide bonds. The Kier molecular flexibility index (Phi) is 5.23. The maximum Gasteiger partial charge on any atom is 0.417 e. The Morgan fingerprint density at radius 2 is 1.91 bits per heavy atom. The molecule has 3 aromatic rings. The largest absolute Gasteiger partial charge is 0.417 e. The molecule has 0 unspecified atom stereocenters. The number of alkyl halides is 3. The van der Waals surface area contributed by atoms with E-state index in [1.165, 1.54) is 17.2 Å². The van der Waals surface area contributed by atoms with Crippen LogP contribution >= 0.6 is 11.6 Å². The fraction of sp³-hybridized carbons (Fsp3) is 0.381. The Morgan fingerprint density at radius 3 is 2.61 bits per heavy atom. The fourth-order valence-electron chi connectivity index (χ4n) is 4.68. The number of aromatic nitrogens is 5. The highest BCUT2D eigenvalue weighted by molar-refractivity contribution is 6.33. The zero-order valence-electron chi connectivity index (χ0n) is 17.4. The van der Waals surface area contributed by atoms with Crippen molar-refractivity contribution in [1.82, 2.24) is 29.9 Å². The predicted molar refractivity (Wildman–Crippen MR) is 113 cm³/mol. The molecule has 0 saturated carbocycles. The molecular weight excluding hydrogens is 459 g/mol. The Balaban J connectivity index is 1.40. The van der Waals surface area contributed by atoms with Crippen LogP contribution in [-0.2, 0) is 6.18 Å². The van der Waals surface area contributed by atoms with Crippen LogP contribution in [0.1, 0.15) is 40.7 Å². The first-order valence-electron chi connectivity index (χ1n) is 10.4. The van der Waals surface area contributed by atoms with E-state index in [1.807, 2.05) is 11.8 Å². The molecule has 5 rings (SSSR count). The molecule has 3 atom stereocenters. The number of amides is 1. The standard InChI is InChI=1S/C21H19ClF3N7O/c1-11-6-14(19(27-9-11)32-28-4-5-29-32)20(33)31-13-2-3-17(31)16(8-13)30-18-15(22)7-12(10-26-18)21(23,24)25/h4-7,9-10,13,16-17H,2-3,8H2,1H3,(H,26,30)/t13-,16-,17+/m1/s1. The number of halogens is 4. The van der Waals surface area contributed by atoms with E-state index in [9.17, 15) is 18.0 Å². The molecule has 8 nitrogen and oxygen atoms in total. The Labute approximate surface area is 191 Å². The van der Waals surface area contributed by atoms with Gasteiger partial charge in [-0.3, -0.25) is 4.79 Å². The molecule has 2 fully saturated rings. The van der Waals surface area contributed by atoms with Crippen molar-refractivity contribution in [2.45, 2.75) is 50.5 Å². The second-order valence-corrected chi connectivity index (χ2v) is 8.66. The Morgan fingerprint density at radius 1 is 1.15 bits per heavy atom. The third-order valence-corrected chi connectivity index (χ3v) is 6.39. The second kappa shape index (κ2) is 7.98. The minimum atomic E-state index is -4.52. The minimum absolute atomic E-state index is 0.00725. The summed E-state index contributed by atoms with van der Waals surface area (Å²) >= 11 is 6.08. The molecule has 2 saturated heterocycles. The van der Waals surface area contributed by atoms with Crippen LogP contribution in [0.15, 0.2) is 36.9 Å². The summed E-state index contributed by atoms with van der Waals surface area (Å²) in [5.41, 5.74) is 0.320. The van der Waals surface area contributed by atoms with Crippen LogP contribution in [0.3, 0.4) is 0 Å². The van der Waals surface area contributed by atoms with Gasteiger partial charge in [-0.1, -0.05) is 11.6 Å². The third-order valence-electron chi connectivity index (χ3n) is 6.10. The first-order chi connectivity index (χ1) is 15.7. The molecule has 3 aromatic heterocycles. The number of fused-ring (bicyclic) bond motifs is 2. The molecule has 1 N–H and O–H groups in total. The molecule has 0 radical (unpaired) electrons. The zero-order chi connectivity index (χ0) is 23.3. The van der Waals surface area contributed by atoms with Gasteiger partial charge in [0.1, 0.15) is 5.82 Å². The summed E-state index contributed by atoms with van der Waals surface area (Å²) in [6.45, 7) is 1.85. The summed E-state index contributed by atoms with van der Waals surface area (Å²) in [5, 5.41) is 11.3. The molecule has 0 aliphatic carbocycles. The quantitative estimate of drug-likeness (QED) is 0.613. The molecule has 0 aromatic carbocycles. The molecule has 2 aliphatic heterocycles. The van der Waals surface area contributed by atoms with Crippen LogP contribution in [0.4, 0.5) is 19.0 Å². The summed E-state index contributed by atoms with van der Waals surface area (Å²) in [5.74, 6) is 0.342. The van der Waals surface area contributed by atoms with E-state index in [4.69, 9.17) is 11.6 Å². The molecule has 33 heavy (non-hydrogen) atoms. The van der Waals surface area contributed by atoms with Gasteiger partial charge in [0, 0.05) is 24.5 Å². The lowest BCUT2D eigenvalue weighted by Gasteiger charge is -2.26. The first-order valence-corrected chi connectivity index (χ1v) is 10.8. The number of carbonyl (C=O) groups excluding carboxylic acids is 1. The van der Waals surface area contributed by atoms with Gasteiger partial charge < -0.3 is 10.2 Å². The summed E-state index contributed by atoms with van der Waals surface area (Å²) in [6, 6.07) is 2.28. The van der Waals surface area contributed by atoms with Gasteiger partial charge in [0.2, 0.25) is 0 Å². The number of hydrogen-bond acceptors (Lipinski definition) is 6. The van der Waals surface area contributed by atoms with Crippen LogP contribution in [0.5, 0.6) is 0 Å². The van der Waals surface area contributed by atoms with Gasteiger partial charge in [0.25, 0.3) is 5.91 Å². The lowest BCUT2D eigenvalue weighted by atomic mass is 9.95. The van der Waals surface area contributed by atoms with Gasteiger partial charge in [-0.15, -0.1) is 4.80 Å². The van der Waals surface area contributed by atoms with Crippen molar-refractivity contribution in [1.29, 1.82) is 0 Å². The highest BCUT2D eigenvalue weighted by Crippen LogP contribution is 2.41.